The predicted octanol–water partition coefficient (Wildman–Crippen LogP) is 2.15. The van der Waals surface area contributed by atoms with Gasteiger partial charge in [-0.3, -0.25) is 4.57 Å². The van der Waals surface area contributed by atoms with Crippen LogP contribution in [0.5, 0.6) is 5.88 Å². The van der Waals surface area contributed by atoms with Crippen molar-refractivity contribution in [1.82, 2.24) is 19.5 Å². The average Bonchev–Trinajstić information content (AvgIpc) is 3.52. The Kier molecular flexibility index (Phi) is 6.35. The highest BCUT2D eigenvalue weighted by Gasteiger charge is 2.43. The number of imidazole rings is 1. The molecular formula is C22H26ClN5O5. The lowest BCUT2D eigenvalue weighted by molar-refractivity contribution is -0.0287. The van der Waals surface area contributed by atoms with E-state index in [9.17, 15) is 10.2 Å². The lowest BCUT2D eigenvalue weighted by atomic mass is 10.1. The number of ether oxygens (including phenoxy) is 3. The number of halogens is 1. The first-order valence-electron chi connectivity index (χ1n) is 10.9. The summed E-state index contributed by atoms with van der Waals surface area (Å²) in [6, 6.07) is 7.35. The lowest BCUT2D eigenvalue weighted by Gasteiger charge is -2.20. The minimum atomic E-state index is -1.14. The SMILES string of the molecule is C[C@H]1O[C@@H](n2c(NCC3CCOC3)nc3c(OCc4ccc(Cl)cc4)ncnc32)[C@H](O)[C@@H]1O. The highest BCUT2D eigenvalue weighted by Crippen LogP contribution is 2.36. The molecule has 5 atom stereocenters. The molecular weight excluding hydrogens is 450 g/mol. The first-order valence-corrected chi connectivity index (χ1v) is 11.3. The fraction of sp³-hybridized carbons (Fsp3) is 0.500. The van der Waals surface area contributed by atoms with Gasteiger partial charge >= 0.3 is 0 Å². The van der Waals surface area contributed by atoms with Crippen LogP contribution in [0.4, 0.5) is 5.95 Å². The van der Waals surface area contributed by atoms with Crippen LogP contribution in [-0.2, 0) is 16.1 Å². The molecule has 0 bridgehead atoms. The lowest BCUT2D eigenvalue weighted by Crippen LogP contribution is -2.31. The summed E-state index contributed by atoms with van der Waals surface area (Å²) >= 11 is 5.96. The zero-order chi connectivity index (χ0) is 22.9. The highest BCUT2D eigenvalue weighted by atomic mass is 35.5. The smallest absolute Gasteiger partial charge is 0.245 e. The van der Waals surface area contributed by atoms with Crippen LogP contribution >= 0.6 is 11.6 Å². The molecule has 11 heteroatoms. The van der Waals surface area contributed by atoms with E-state index in [1.165, 1.54) is 6.33 Å². The van der Waals surface area contributed by atoms with E-state index in [0.29, 0.717) is 47.1 Å². The summed E-state index contributed by atoms with van der Waals surface area (Å²) in [5, 5.41) is 24.9. The van der Waals surface area contributed by atoms with Gasteiger partial charge in [-0.25, -0.2) is 9.97 Å². The van der Waals surface area contributed by atoms with Crippen LogP contribution in [0.15, 0.2) is 30.6 Å². The Labute approximate surface area is 195 Å². The second-order valence-electron chi connectivity index (χ2n) is 8.40. The number of rotatable bonds is 7. The first kappa shape index (κ1) is 22.3. The topological polar surface area (TPSA) is 124 Å². The van der Waals surface area contributed by atoms with E-state index in [2.05, 4.69) is 15.3 Å². The van der Waals surface area contributed by atoms with Gasteiger partial charge in [0, 0.05) is 24.1 Å². The molecule has 0 saturated carbocycles. The van der Waals surface area contributed by atoms with Crippen molar-refractivity contribution in [2.24, 2.45) is 5.92 Å². The number of benzene rings is 1. The van der Waals surface area contributed by atoms with Crippen LogP contribution in [0.1, 0.15) is 25.1 Å². The molecule has 2 aliphatic heterocycles. The fourth-order valence-corrected chi connectivity index (χ4v) is 4.24. The van der Waals surface area contributed by atoms with Gasteiger partial charge < -0.3 is 29.7 Å². The van der Waals surface area contributed by atoms with Gasteiger partial charge in [0.2, 0.25) is 11.8 Å². The molecule has 4 heterocycles. The third-order valence-corrected chi connectivity index (χ3v) is 6.29. The van der Waals surface area contributed by atoms with Gasteiger partial charge in [0.15, 0.2) is 17.4 Å². The number of nitrogens with zero attached hydrogens (tertiary/aromatic N) is 4. The average molecular weight is 476 g/mol. The van der Waals surface area contributed by atoms with Gasteiger partial charge in [0.05, 0.1) is 12.7 Å². The van der Waals surface area contributed by atoms with Crippen LogP contribution < -0.4 is 10.1 Å². The summed E-state index contributed by atoms with van der Waals surface area (Å²) in [4.78, 5) is 13.4. The zero-order valence-corrected chi connectivity index (χ0v) is 18.9. The van der Waals surface area contributed by atoms with Gasteiger partial charge in [0.1, 0.15) is 25.1 Å². The quantitative estimate of drug-likeness (QED) is 0.471. The number of aromatic nitrogens is 4. The molecule has 2 fully saturated rings. The van der Waals surface area contributed by atoms with Crippen LogP contribution in [0.25, 0.3) is 11.2 Å². The summed E-state index contributed by atoms with van der Waals surface area (Å²) in [6.07, 6.45) is -1.22. The van der Waals surface area contributed by atoms with E-state index in [-0.39, 0.29) is 6.61 Å². The maximum atomic E-state index is 10.7. The third-order valence-electron chi connectivity index (χ3n) is 6.04. The first-order chi connectivity index (χ1) is 16.0. The molecule has 33 heavy (non-hydrogen) atoms. The van der Waals surface area contributed by atoms with Gasteiger partial charge in [-0.2, -0.15) is 4.98 Å². The highest BCUT2D eigenvalue weighted by molar-refractivity contribution is 6.30. The Bertz CT molecular complexity index is 1100. The second-order valence-corrected chi connectivity index (χ2v) is 8.83. The minimum absolute atomic E-state index is 0.274. The molecule has 2 saturated heterocycles. The van der Waals surface area contributed by atoms with Crippen molar-refractivity contribution in [2.45, 2.75) is 44.5 Å². The molecule has 2 aromatic heterocycles. The van der Waals surface area contributed by atoms with E-state index in [0.717, 1.165) is 18.6 Å². The minimum Gasteiger partial charge on any atom is -0.471 e. The number of aliphatic hydroxyl groups excluding tert-OH is 2. The number of aliphatic hydroxyl groups is 2. The van der Waals surface area contributed by atoms with Crippen LogP contribution in [0, 0.1) is 5.92 Å². The van der Waals surface area contributed by atoms with Crippen LogP contribution in [-0.4, -0.2) is 67.8 Å². The van der Waals surface area contributed by atoms with Crippen molar-refractivity contribution < 1.29 is 24.4 Å². The molecule has 5 rings (SSSR count). The molecule has 0 radical (unpaired) electrons. The molecule has 1 aromatic carbocycles. The van der Waals surface area contributed by atoms with Crippen molar-refractivity contribution in [3.63, 3.8) is 0 Å². The van der Waals surface area contributed by atoms with E-state index in [1.54, 1.807) is 23.6 Å². The molecule has 0 spiro atoms. The Balaban J connectivity index is 1.47. The largest absolute Gasteiger partial charge is 0.471 e. The van der Waals surface area contributed by atoms with Crippen molar-refractivity contribution in [3.05, 3.63) is 41.2 Å². The number of hydrogen-bond donors (Lipinski definition) is 3. The van der Waals surface area contributed by atoms with E-state index >= 15 is 0 Å². The summed E-state index contributed by atoms with van der Waals surface area (Å²) in [5.41, 5.74) is 1.80. The molecule has 10 nitrogen and oxygen atoms in total. The molecule has 0 aliphatic carbocycles. The summed E-state index contributed by atoms with van der Waals surface area (Å²) in [7, 11) is 0. The predicted molar refractivity (Wildman–Crippen MR) is 120 cm³/mol. The summed E-state index contributed by atoms with van der Waals surface area (Å²) in [6.45, 7) is 4.05. The van der Waals surface area contributed by atoms with Gasteiger partial charge in [0.25, 0.3) is 0 Å². The van der Waals surface area contributed by atoms with Crippen LogP contribution in [0.2, 0.25) is 5.02 Å². The van der Waals surface area contributed by atoms with Gasteiger partial charge in [-0.15, -0.1) is 0 Å². The van der Waals surface area contributed by atoms with Crippen molar-refractivity contribution in [1.29, 1.82) is 0 Å². The Morgan fingerprint density at radius 3 is 2.73 bits per heavy atom. The third kappa shape index (κ3) is 4.49. The Morgan fingerprint density at radius 2 is 2.03 bits per heavy atom. The fourth-order valence-electron chi connectivity index (χ4n) is 4.11. The maximum absolute atomic E-state index is 10.7. The van der Waals surface area contributed by atoms with Crippen molar-refractivity contribution >= 4 is 28.7 Å². The summed E-state index contributed by atoms with van der Waals surface area (Å²) < 4.78 is 19.0. The van der Waals surface area contributed by atoms with E-state index < -0.39 is 24.5 Å². The van der Waals surface area contributed by atoms with Crippen molar-refractivity contribution in [2.75, 3.05) is 25.1 Å². The second kappa shape index (κ2) is 9.40. The Morgan fingerprint density at radius 1 is 1.21 bits per heavy atom. The zero-order valence-electron chi connectivity index (χ0n) is 18.1. The number of fused-ring (bicyclic) bond motifs is 1. The number of hydrogen-bond acceptors (Lipinski definition) is 9. The molecule has 1 unspecified atom stereocenters. The molecule has 0 amide bonds. The molecule has 2 aliphatic rings. The number of nitrogens with one attached hydrogen (secondary N) is 1. The molecule has 3 N–H and O–H groups in total. The van der Waals surface area contributed by atoms with Crippen LogP contribution in [0.3, 0.4) is 0 Å². The van der Waals surface area contributed by atoms with Crippen molar-refractivity contribution in [3.8, 4) is 5.88 Å². The Hall–Kier alpha value is -2.50. The molecule has 3 aromatic rings. The van der Waals surface area contributed by atoms with E-state index in [4.69, 9.17) is 30.8 Å². The maximum Gasteiger partial charge on any atom is 0.245 e. The monoisotopic (exact) mass is 475 g/mol. The summed E-state index contributed by atoms with van der Waals surface area (Å²) in [5.74, 6) is 1.12. The van der Waals surface area contributed by atoms with Gasteiger partial charge in [-0.05, 0) is 31.0 Å². The van der Waals surface area contributed by atoms with Gasteiger partial charge in [-0.1, -0.05) is 23.7 Å². The standard InChI is InChI=1S/C22H26ClN5O5/c1-12-17(29)18(30)21(33-12)28-19-16(27-22(28)24-8-14-6-7-31-9-14)20(26-11-25-19)32-10-13-2-4-15(23)5-3-13/h2-5,11-12,14,17-18,21,29-30H,6-10H2,1H3,(H,24,27)/t12-,14?,17-,18-,21-/m1/s1. The number of anilines is 1. The van der Waals surface area contributed by atoms with E-state index in [1.807, 2.05) is 12.1 Å². The molecule has 176 valence electrons. The normalized spacial score (nSPS) is 27.3.